The molecule has 2 atom stereocenters. The second-order valence-electron chi connectivity index (χ2n) is 3.91. The van der Waals surface area contributed by atoms with Gasteiger partial charge in [-0.15, -0.1) is 12.4 Å². The highest BCUT2D eigenvalue weighted by atomic mass is 35.5. The molecule has 2 N–H and O–H groups in total. The summed E-state index contributed by atoms with van der Waals surface area (Å²) >= 11 is 0. The molecular weight excluding hydrogens is 172 g/mol. The summed E-state index contributed by atoms with van der Waals surface area (Å²) in [6, 6.07) is 1.21. The van der Waals surface area contributed by atoms with Crippen LogP contribution in [0.4, 0.5) is 0 Å². The highest BCUT2D eigenvalue weighted by molar-refractivity contribution is 5.85. The number of hydrogen-bond donors (Lipinski definition) is 1. The van der Waals surface area contributed by atoms with Gasteiger partial charge in [0.05, 0.1) is 0 Å². The fourth-order valence-corrected chi connectivity index (χ4v) is 2.50. The maximum Gasteiger partial charge on any atom is 0.0247 e. The number of rotatable bonds is 0. The van der Waals surface area contributed by atoms with E-state index in [-0.39, 0.29) is 12.4 Å². The number of hydrogen-bond acceptors (Lipinski definition) is 2. The lowest BCUT2D eigenvalue weighted by Gasteiger charge is -2.42. The molecule has 0 unspecified atom stereocenters. The lowest BCUT2D eigenvalue weighted by molar-refractivity contribution is 0.0914. The van der Waals surface area contributed by atoms with Gasteiger partial charge >= 0.3 is 0 Å². The van der Waals surface area contributed by atoms with Crippen molar-refractivity contribution in [3.63, 3.8) is 0 Å². The Hall–Kier alpha value is 0.210. The number of piperidine rings is 2. The monoisotopic (exact) mass is 190 g/mol. The molecule has 2 aliphatic rings. The average Bonchev–Trinajstić information content (AvgIpc) is 2.06. The van der Waals surface area contributed by atoms with Crippen LogP contribution in [0.3, 0.4) is 0 Å². The third-order valence-electron chi connectivity index (χ3n) is 3.14. The van der Waals surface area contributed by atoms with Gasteiger partial charge in [-0.1, -0.05) is 6.42 Å². The first-order valence-electron chi connectivity index (χ1n) is 4.87. The molecule has 0 aromatic heterocycles. The second kappa shape index (κ2) is 4.45. The van der Waals surface area contributed by atoms with Gasteiger partial charge in [0.1, 0.15) is 0 Å². The molecule has 0 aliphatic carbocycles. The molecule has 2 aliphatic heterocycles. The molecule has 2 saturated heterocycles. The maximum atomic E-state index is 6.05. The first-order valence-corrected chi connectivity index (χ1v) is 4.87. The summed E-state index contributed by atoms with van der Waals surface area (Å²) in [6.45, 7) is 2.61. The van der Waals surface area contributed by atoms with Crippen molar-refractivity contribution in [2.75, 3.05) is 13.1 Å². The van der Waals surface area contributed by atoms with Gasteiger partial charge < -0.3 is 5.73 Å². The molecule has 2 rings (SSSR count). The van der Waals surface area contributed by atoms with Crippen LogP contribution in [0.25, 0.3) is 0 Å². The van der Waals surface area contributed by atoms with Gasteiger partial charge in [-0.3, -0.25) is 4.90 Å². The topological polar surface area (TPSA) is 29.3 Å². The highest BCUT2D eigenvalue weighted by Gasteiger charge is 2.30. The van der Waals surface area contributed by atoms with Crippen molar-refractivity contribution in [3.05, 3.63) is 0 Å². The van der Waals surface area contributed by atoms with E-state index in [4.69, 9.17) is 5.73 Å². The average molecular weight is 191 g/mol. The molecule has 0 saturated carbocycles. The third-order valence-corrected chi connectivity index (χ3v) is 3.14. The summed E-state index contributed by atoms with van der Waals surface area (Å²) in [5, 5.41) is 0. The minimum absolute atomic E-state index is 0. The van der Waals surface area contributed by atoms with Crippen molar-refractivity contribution < 1.29 is 0 Å². The van der Waals surface area contributed by atoms with E-state index >= 15 is 0 Å². The van der Waals surface area contributed by atoms with Gasteiger partial charge in [-0.05, 0) is 38.8 Å². The molecule has 0 amide bonds. The molecule has 0 aromatic rings. The van der Waals surface area contributed by atoms with Crippen LogP contribution in [-0.4, -0.2) is 30.1 Å². The van der Waals surface area contributed by atoms with E-state index in [9.17, 15) is 0 Å². The third kappa shape index (κ3) is 1.93. The minimum Gasteiger partial charge on any atom is -0.326 e. The lowest BCUT2D eigenvalue weighted by atomic mass is 9.89. The van der Waals surface area contributed by atoms with Crippen LogP contribution in [0.15, 0.2) is 0 Å². The van der Waals surface area contributed by atoms with Crippen LogP contribution >= 0.6 is 12.4 Å². The quantitative estimate of drug-likeness (QED) is 0.626. The molecule has 72 valence electrons. The molecule has 0 bridgehead atoms. The van der Waals surface area contributed by atoms with Gasteiger partial charge in [0.25, 0.3) is 0 Å². The number of halogens is 1. The van der Waals surface area contributed by atoms with Crippen molar-refractivity contribution in [2.45, 2.75) is 44.2 Å². The molecule has 2 nitrogen and oxygen atoms in total. The first kappa shape index (κ1) is 10.3. The number of fused-ring (bicyclic) bond motifs is 1. The lowest BCUT2D eigenvalue weighted by Crippen LogP contribution is -2.53. The Bertz CT molecular complexity index is 138. The SMILES string of the molecule is Cl.N[C@@H]1CCCN2CCCC[C@H]12. The molecule has 3 heteroatoms. The molecule has 0 spiro atoms. The van der Waals surface area contributed by atoms with E-state index in [1.807, 2.05) is 0 Å². The van der Waals surface area contributed by atoms with E-state index in [1.165, 1.54) is 45.2 Å². The fraction of sp³-hybridized carbons (Fsp3) is 1.00. The van der Waals surface area contributed by atoms with Crippen molar-refractivity contribution in [1.29, 1.82) is 0 Å². The van der Waals surface area contributed by atoms with Crippen molar-refractivity contribution in [2.24, 2.45) is 5.73 Å². The van der Waals surface area contributed by atoms with Crippen LogP contribution in [0, 0.1) is 0 Å². The Morgan fingerprint density at radius 1 is 1.00 bits per heavy atom. The zero-order chi connectivity index (χ0) is 7.68. The van der Waals surface area contributed by atoms with Crippen LogP contribution in [0.2, 0.25) is 0 Å². The molecule has 2 fully saturated rings. The fourth-order valence-electron chi connectivity index (χ4n) is 2.50. The van der Waals surface area contributed by atoms with Gasteiger partial charge in [-0.2, -0.15) is 0 Å². The maximum absolute atomic E-state index is 6.05. The van der Waals surface area contributed by atoms with Gasteiger partial charge in [0.15, 0.2) is 0 Å². The second-order valence-corrected chi connectivity index (χ2v) is 3.91. The smallest absolute Gasteiger partial charge is 0.0247 e. The minimum atomic E-state index is 0. The Balaban J connectivity index is 0.000000720. The molecule has 0 aromatic carbocycles. The normalized spacial score (nSPS) is 36.8. The summed E-state index contributed by atoms with van der Waals surface area (Å²) in [4.78, 5) is 2.59. The van der Waals surface area contributed by atoms with Crippen molar-refractivity contribution in [1.82, 2.24) is 4.90 Å². The predicted octanol–water partition coefficient (Wildman–Crippen LogP) is 1.38. The largest absolute Gasteiger partial charge is 0.326 e. The van der Waals surface area contributed by atoms with Crippen LogP contribution < -0.4 is 5.73 Å². The summed E-state index contributed by atoms with van der Waals surface area (Å²) in [7, 11) is 0. The first-order chi connectivity index (χ1) is 5.38. The van der Waals surface area contributed by atoms with E-state index in [2.05, 4.69) is 4.90 Å². The van der Waals surface area contributed by atoms with Crippen LogP contribution in [0.5, 0.6) is 0 Å². The zero-order valence-electron chi connectivity index (χ0n) is 7.54. The summed E-state index contributed by atoms with van der Waals surface area (Å²) in [5.74, 6) is 0. The standard InChI is InChI=1S/C9H18N2.ClH/c10-8-4-3-7-11-6-2-1-5-9(8)11;/h8-9H,1-7,10H2;1H/t8-,9-;/m1./s1. The molecule has 0 radical (unpaired) electrons. The van der Waals surface area contributed by atoms with Gasteiger partial charge in [-0.25, -0.2) is 0 Å². The zero-order valence-corrected chi connectivity index (χ0v) is 8.35. The van der Waals surface area contributed by atoms with E-state index in [0.717, 1.165) is 6.04 Å². The predicted molar refractivity (Wildman–Crippen MR) is 53.7 cm³/mol. The van der Waals surface area contributed by atoms with Gasteiger partial charge in [0, 0.05) is 12.1 Å². The van der Waals surface area contributed by atoms with Crippen molar-refractivity contribution >= 4 is 12.4 Å². The summed E-state index contributed by atoms with van der Waals surface area (Å²) in [5.41, 5.74) is 6.05. The van der Waals surface area contributed by atoms with E-state index in [0.29, 0.717) is 6.04 Å². The Labute approximate surface area is 80.9 Å². The highest BCUT2D eigenvalue weighted by Crippen LogP contribution is 2.24. The Kier molecular flexibility index (Phi) is 3.81. The number of nitrogens with zero attached hydrogens (tertiary/aromatic N) is 1. The molecule has 2 heterocycles. The van der Waals surface area contributed by atoms with Crippen LogP contribution in [0.1, 0.15) is 32.1 Å². The summed E-state index contributed by atoms with van der Waals surface area (Å²) < 4.78 is 0. The van der Waals surface area contributed by atoms with E-state index < -0.39 is 0 Å². The van der Waals surface area contributed by atoms with E-state index in [1.54, 1.807) is 0 Å². The molecule has 12 heavy (non-hydrogen) atoms. The molecular formula is C9H19ClN2. The van der Waals surface area contributed by atoms with Gasteiger partial charge in [0.2, 0.25) is 0 Å². The Morgan fingerprint density at radius 3 is 2.50 bits per heavy atom. The van der Waals surface area contributed by atoms with Crippen molar-refractivity contribution in [3.8, 4) is 0 Å². The Morgan fingerprint density at radius 2 is 1.75 bits per heavy atom. The van der Waals surface area contributed by atoms with Crippen LogP contribution in [-0.2, 0) is 0 Å². The number of nitrogens with two attached hydrogens (primary N) is 1. The summed E-state index contributed by atoms with van der Waals surface area (Å²) in [6.07, 6.45) is 6.71.